The van der Waals surface area contributed by atoms with Crippen molar-refractivity contribution in [2.45, 2.75) is 247 Å². The second-order valence-electron chi connectivity index (χ2n) is 36.8. The first-order valence-corrected chi connectivity index (χ1v) is 46.9. The number of hydrogen-bond acceptors (Lipinski definition) is 28. The first-order chi connectivity index (χ1) is 67.0. The first kappa shape index (κ1) is 99.4. The molecule has 21 rings (SSSR count). The van der Waals surface area contributed by atoms with E-state index in [9.17, 15) is 73.7 Å². The molecule has 738 valence electrons. The van der Waals surface area contributed by atoms with Crippen molar-refractivity contribution < 1.29 is 97.4 Å². The quantitative estimate of drug-likeness (QED) is 0.0355. The largest absolute Gasteiger partial charge is 0.504 e. The maximum Gasteiger partial charge on any atom is 0.162 e. The number of fused-ring (bicyclic) bond motifs is 6. The molecule has 5 fully saturated rings. The second-order valence-corrected chi connectivity index (χ2v) is 37.6. The van der Waals surface area contributed by atoms with Gasteiger partial charge >= 0.3 is 0 Å². The highest BCUT2D eigenvalue weighted by molar-refractivity contribution is 6.42. The molecule has 10 heterocycles. The van der Waals surface area contributed by atoms with Crippen LogP contribution in [0.5, 0.6) is 34.5 Å². The van der Waals surface area contributed by atoms with Gasteiger partial charge in [-0.3, -0.25) is 0 Å². The van der Waals surface area contributed by atoms with Gasteiger partial charge in [0.25, 0.3) is 0 Å². The number of aromatic hydroxyl groups is 1. The third-order valence-corrected chi connectivity index (χ3v) is 28.5. The van der Waals surface area contributed by atoms with Crippen LogP contribution >= 0.6 is 23.2 Å². The van der Waals surface area contributed by atoms with Crippen LogP contribution in [0.15, 0.2) is 172 Å². The molecule has 19 N–H and O–H groups in total. The molecule has 0 saturated heterocycles. The van der Waals surface area contributed by atoms with Crippen molar-refractivity contribution in [1.29, 1.82) is 0 Å². The number of aliphatic hydroxyl groups is 10. The van der Waals surface area contributed by atoms with Crippen molar-refractivity contribution in [3.05, 3.63) is 272 Å². The fraction of sp³-hybridized carbons (Fsp3) is 0.386. The zero-order valence-corrected chi connectivity index (χ0v) is 79.1. The van der Waals surface area contributed by atoms with Crippen LogP contribution < -0.4 is 46.6 Å². The molecule has 22 atom stereocenters. The number of hydrogen-bond donors (Lipinski definition) is 15. The van der Waals surface area contributed by atoms with Gasteiger partial charge in [0.05, 0.1) is 57.3 Å². The fourth-order valence-electron chi connectivity index (χ4n) is 20.4. The van der Waals surface area contributed by atoms with E-state index in [1.807, 2.05) is 145 Å². The molecule has 0 bridgehead atoms. The Balaban J connectivity index is 0.000000121. The predicted octanol–water partition coefficient (Wildman–Crippen LogP) is 11.5. The van der Waals surface area contributed by atoms with Gasteiger partial charge in [-0.25, -0.2) is 57.4 Å². The van der Waals surface area contributed by atoms with Crippen LogP contribution in [0.2, 0.25) is 10.0 Å². The second kappa shape index (κ2) is 41.2. The Morgan fingerprint density at radius 1 is 0.400 bits per heavy atom. The molecule has 6 aliphatic rings. The summed E-state index contributed by atoms with van der Waals surface area (Å²) in [6.45, 7) is 15.5. The Hall–Kier alpha value is -12.1. The van der Waals surface area contributed by atoms with Crippen LogP contribution in [0.1, 0.15) is 155 Å². The van der Waals surface area contributed by atoms with Gasteiger partial charge < -0.3 is 126 Å². The van der Waals surface area contributed by atoms with Gasteiger partial charge in [-0.1, -0.05) is 35.3 Å². The van der Waals surface area contributed by atoms with Crippen LogP contribution in [-0.2, 0) is 19.5 Å². The third-order valence-electron chi connectivity index (χ3n) is 27.8. The normalized spacial score (nSPS) is 25.9. The molecule has 39 heteroatoms. The van der Waals surface area contributed by atoms with Crippen LogP contribution in [-0.4, -0.2) is 210 Å². The predicted molar refractivity (Wildman–Crippen MR) is 513 cm³/mol. The van der Waals surface area contributed by atoms with E-state index < -0.39 is 145 Å². The van der Waals surface area contributed by atoms with E-state index >= 15 is 0 Å². The molecule has 0 aliphatic heterocycles. The van der Waals surface area contributed by atoms with Crippen molar-refractivity contribution >= 4 is 78.4 Å². The highest BCUT2D eigenvalue weighted by atomic mass is 35.5. The first-order valence-electron chi connectivity index (χ1n) is 46.1. The molecule has 15 aromatic rings. The molecule has 0 spiro atoms. The Bertz CT molecular complexity index is 6890. The third kappa shape index (κ3) is 19.4. The van der Waals surface area contributed by atoms with Gasteiger partial charge in [-0.05, 0) is 175 Å². The van der Waals surface area contributed by atoms with E-state index in [0.29, 0.717) is 80.9 Å². The number of aromatic nitrogens is 13. The molecule has 0 amide bonds. The summed E-state index contributed by atoms with van der Waals surface area (Å²) in [6, 6.07) is 25.8. The Kier molecular flexibility index (Phi) is 29.3. The number of aryl methyl sites for hydroxylation is 8. The van der Waals surface area contributed by atoms with Crippen molar-refractivity contribution in [2.75, 3.05) is 0 Å². The van der Waals surface area contributed by atoms with Gasteiger partial charge in [-0.15, -0.1) is 0 Å². The Labute approximate surface area is 810 Å². The van der Waals surface area contributed by atoms with E-state index in [2.05, 4.69) is 45.9 Å². The molecular weight excluding hydrogens is 1850 g/mol. The zero-order valence-electron chi connectivity index (χ0n) is 77.6. The molecule has 0 radical (unpaired) electrons. The van der Waals surface area contributed by atoms with E-state index in [1.165, 1.54) is 48.8 Å². The molecule has 0 unspecified atom stereocenters. The number of phenols is 1. The van der Waals surface area contributed by atoms with Crippen LogP contribution in [0.25, 0.3) is 55.2 Å². The summed E-state index contributed by atoms with van der Waals surface area (Å²) in [7, 11) is 0. The van der Waals surface area contributed by atoms with E-state index in [0.717, 1.165) is 120 Å². The minimum absolute atomic E-state index is 0.0361. The number of halogens is 6. The van der Waals surface area contributed by atoms with Gasteiger partial charge in [-0.2, -0.15) is 0 Å². The lowest BCUT2D eigenvalue weighted by Crippen LogP contribution is -2.34. The summed E-state index contributed by atoms with van der Waals surface area (Å²) in [5, 5.41) is 122. The topological polar surface area (TPSA) is 501 Å². The molecular formula is C101H111Cl2F4N17O16. The lowest BCUT2D eigenvalue weighted by atomic mass is 10.1. The summed E-state index contributed by atoms with van der Waals surface area (Å²) in [4.78, 5) is 34.6. The maximum atomic E-state index is 13.6. The number of benzene rings is 5. The minimum atomic E-state index is -1.20. The number of rotatable bonds is 18. The number of nitrogens with two attached hydrogens (primary N) is 4. The van der Waals surface area contributed by atoms with Crippen LogP contribution in [0, 0.1) is 71.7 Å². The minimum Gasteiger partial charge on any atom is -0.504 e. The van der Waals surface area contributed by atoms with Gasteiger partial charge in [0.2, 0.25) is 0 Å². The molecule has 140 heavy (non-hydrogen) atoms. The summed E-state index contributed by atoms with van der Waals surface area (Å²) in [6.07, 6.45) is 6.93. The van der Waals surface area contributed by atoms with E-state index in [-0.39, 0.29) is 54.4 Å². The fourth-order valence-corrected chi connectivity index (χ4v) is 20.7. The summed E-state index contributed by atoms with van der Waals surface area (Å²) in [5.74, 6) is -1.73. The lowest BCUT2D eigenvalue weighted by molar-refractivity contribution is -0.0169. The number of aliphatic hydroxyl groups excluding tert-OH is 10. The SMILES string of the molecule is Cc1ccnc2c1ccn2[C@@H]1C[C@H](Oc2cc(F)c(F)cc2CN)[C@@H](O)[C@H]1O.Cc1ccnc2c1ccn2[C@@H]1C[C@H](Oc2cccc3c2[C@H](N)CC3)[C@@H](O)[C@H]1O.Cc1cn([C@@H]2C[C@H](Oc3ccc(F)cc3O)[C@@H](O)[C@H]2O)c2ncnc(C)c12.Cc1cn([C@@H]2C[C@H](Oc3ccc(F)cc3[C@@H](C)N)[C@@H](O)[C@H]2O)c2ncnc(C)c12.Cc1ncnc2c1ccn2[C@@H]1C[C@H](Oc2cc(Cl)c(Cl)cc2CN)[C@@H](O)[C@H]1O. The molecule has 10 aromatic heterocycles. The zero-order chi connectivity index (χ0) is 99.6. The van der Waals surface area contributed by atoms with Crippen molar-refractivity contribution in [3.8, 4) is 34.5 Å². The summed E-state index contributed by atoms with van der Waals surface area (Å²) in [5.41, 5.74) is 37.6. The lowest BCUT2D eigenvalue weighted by Gasteiger charge is -2.21. The molecule has 33 nitrogen and oxygen atoms in total. The van der Waals surface area contributed by atoms with Crippen LogP contribution in [0.3, 0.4) is 0 Å². The van der Waals surface area contributed by atoms with Gasteiger partial charge in [0.1, 0.15) is 173 Å². The van der Waals surface area contributed by atoms with Gasteiger partial charge in [0, 0.05) is 168 Å². The van der Waals surface area contributed by atoms with E-state index in [1.54, 1.807) is 31.5 Å². The number of ether oxygens (including phenoxy) is 5. The smallest absolute Gasteiger partial charge is 0.162 e. The molecule has 5 aromatic carbocycles. The summed E-state index contributed by atoms with van der Waals surface area (Å²) >= 11 is 12.1. The number of nitrogens with zero attached hydrogens (tertiary/aromatic N) is 13. The molecule has 6 aliphatic carbocycles. The Morgan fingerprint density at radius 3 is 1.25 bits per heavy atom. The van der Waals surface area contributed by atoms with Crippen molar-refractivity contribution in [1.82, 2.24) is 62.7 Å². The summed E-state index contributed by atoms with van der Waals surface area (Å²) < 4.78 is 92.8. The Morgan fingerprint density at radius 2 is 0.786 bits per heavy atom. The van der Waals surface area contributed by atoms with Crippen molar-refractivity contribution in [2.24, 2.45) is 22.9 Å². The standard InChI is InChI=1S/C22H25N3O3.C21H25FN4O3.C20H21F2N3O3.C19H20Cl2N4O3.C19H20FN3O4/c1-12-7-9-24-22-14(12)8-10-25(22)16-11-18(21(27)20(16)26)28-17-4-2-3-13-5-6-15(23)19(13)17;1-10-8-26(21-18(10)12(3)24-9-25-21)15-7-17(20(28)19(15)27)29-16-5-4-13(22)6-14(16)11(2)23;1-10-2-4-24-20-12(10)3-5-25(20)15-8-17(19(27)18(15)26)28-16-7-14(22)13(21)6-11(16)9-23;1-9-11-2-3-25(19(11)24-8-23-9)14-6-16(18(27)17(14)26)28-15-5-13(21)12(20)4-10(15)7-22;1-9-7-23(19-16(9)10(2)21-8-22-19)12-6-15(18(26)17(12)25)27-14-4-3-11(20)5-13(14)24/h2-4,7-10,15-16,18,20-21,26-27H,5-6,11,23H2,1H3;4-6,8-9,11,15,17,19-20,27-28H,7,23H2,1-3H3;2-7,15,17-19,26-27H,8-9,23H2,1H3;2-5,8,14,16-18,26-27H,6-7,22H2,1H3;3-5,7-8,12,15,17-18,24-26H,6H2,1-2H3/t15-,16-,18+,20+,21-;11-,15-,17+,19+,20-;15-,17+,18+,19-;14-,16+,17+,18-;12-,15+,17+,18-/m11111/s1. The van der Waals surface area contributed by atoms with Crippen molar-refractivity contribution in [3.63, 3.8) is 0 Å². The highest BCUT2D eigenvalue weighted by Gasteiger charge is 2.50. The maximum absolute atomic E-state index is 13.6. The average molecular weight is 1970 g/mol. The monoisotopic (exact) mass is 1960 g/mol. The number of phenolic OH excluding ortho intramolecular Hbond substituents is 1. The average Bonchev–Trinajstić information content (AvgIpc) is 1.62. The van der Waals surface area contributed by atoms with E-state index in [4.69, 9.17) is 69.8 Å². The molecule has 5 saturated carbocycles. The highest BCUT2D eigenvalue weighted by Crippen LogP contribution is 2.47. The van der Waals surface area contributed by atoms with Crippen LogP contribution in [0.4, 0.5) is 17.6 Å². The number of pyridine rings is 2. The van der Waals surface area contributed by atoms with Gasteiger partial charge in [0.15, 0.2) is 23.1 Å².